The second-order valence-corrected chi connectivity index (χ2v) is 11.0. The monoisotopic (exact) mass is 530 g/mol. The van der Waals surface area contributed by atoms with Crippen molar-refractivity contribution in [3.63, 3.8) is 0 Å². The highest BCUT2D eigenvalue weighted by molar-refractivity contribution is 7.21. The van der Waals surface area contributed by atoms with Gasteiger partial charge in [-0.3, -0.25) is 4.98 Å². The van der Waals surface area contributed by atoms with E-state index in [2.05, 4.69) is 20.6 Å². The van der Waals surface area contributed by atoms with Gasteiger partial charge in [-0.05, 0) is 46.1 Å². The first-order valence-corrected chi connectivity index (χ1v) is 13.7. The Morgan fingerprint density at radius 2 is 1.86 bits per heavy atom. The van der Waals surface area contributed by atoms with Crippen LogP contribution in [0, 0.1) is 19.8 Å². The van der Waals surface area contributed by atoms with Gasteiger partial charge in [0.1, 0.15) is 22.4 Å². The number of methoxy groups -OCH3 is 1. The molecule has 3 aromatic rings. The van der Waals surface area contributed by atoms with Gasteiger partial charge in [0.15, 0.2) is 0 Å². The van der Waals surface area contributed by atoms with Gasteiger partial charge >= 0.3 is 0 Å². The third-order valence-corrected chi connectivity index (χ3v) is 8.70. The fraction of sp³-hybridized carbons (Fsp3) is 0.615. The molecule has 0 bridgehead atoms. The predicted molar refractivity (Wildman–Crippen MR) is 146 cm³/mol. The van der Waals surface area contributed by atoms with Crippen molar-refractivity contribution in [2.24, 2.45) is 5.92 Å². The number of aliphatic hydroxyl groups is 3. The Bertz CT molecular complexity index is 1230. The highest BCUT2D eigenvalue weighted by Crippen LogP contribution is 2.42. The van der Waals surface area contributed by atoms with E-state index in [-0.39, 0.29) is 6.10 Å². The summed E-state index contributed by atoms with van der Waals surface area (Å²) in [6, 6.07) is 1.42. The first-order chi connectivity index (χ1) is 17.6. The van der Waals surface area contributed by atoms with Crippen molar-refractivity contribution in [2.45, 2.75) is 83.8 Å². The molecule has 1 fully saturated rings. The number of ether oxygens (including phenoxy) is 1. The fourth-order valence-electron chi connectivity index (χ4n) is 5.08. The molecule has 5 atom stereocenters. The van der Waals surface area contributed by atoms with E-state index in [1.807, 2.05) is 40.7 Å². The lowest BCUT2D eigenvalue weighted by Gasteiger charge is -2.34. The van der Waals surface area contributed by atoms with Crippen molar-refractivity contribution >= 4 is 33.3 Å². The summed E-state index contributed by atoms with van der Waals surface area (Å²) in [5, 5.41) is 40.3. The summed E-state index contributed by atoms with van der Waals surface area (Å²) in [5.41, 5.74) is 2.07. The molecule has 1 saturated carbocycles. The van der Waals surface area contributed by atoms with Gasteiger partial charge in [0.25, 0.3) is 0 Å². The van der Waals surface area contributed by atoms with Crippen molar-refractivity contribution < 1.29 is 20.1 Å². The molecule has 1 aliphatic rings. The van der Waals surface area contributed by atoms with Crippen LogP contribution < -0.4 is 10.6 Å². The quantitative estimate of drug-likeness (QED) is 0.265. The molecule has 0 spiro atoms. The van der Waals surface area contributed by atoms with E-state index in [9.17, 15) is 15.3 Å². The summed E-state index contributed by atoms with van der Waals surface area (Å²) in [6.45, 7) is 10.1. The molecule has 0 aromatic carbocycles. The lowest BCUT2D eigenvalue weighted by atomic mass is 9.80. The van der Waals surface area contributed by atoms with E-state index in [0.29, 0.717) is 37.6 Å². The standard InChI is InChI=1S/C26H38N6O4S/c1-7-26(35,8-2)16-11-17(22(34)21(16)33)30-23-19(14(4)29-25(32-23)28-12-13(3)36-6)24-31-20-15(5)27-10-9-18(20)37-24/h9-10,13,16-17,21-22,33-35H,7-8,11-12H2,1-6H3,(H2,28,29,30,32)/t13-,16+,17-,21-,22+/m1/s1. The van der Waals surface area contributed by atoms with Gasteiger partial charge in [-0.25, -0.2) is 9.97 Å². The van der Waals surface area contributed by atoms with Crippen molar-refractivity contribution in [1.29, 1.82) is 0 Å². The maximum absolute atomic E-state index is 11.1. The minimum absolute atomic E-state index is 0.0342. The van der Waals surface area contributed by atoms with E-state index in [1.54, 1.807) is 13.3 Å². The van der Waals surface area contributed by atoms with E-state index < -0.39 is 29.8 Å². The number of aliphatic hydroxyl groups excluding tert-OH is 2. The summed E-state index contributed by atoms with van der Waals surface area (Å²) >= 11 is 1.53. The first kappa shape index (κ1) is 27.6. The molecule has 37 heavy (non-hydrogen) atoms. The predicted octanol–water partition coefficient (Wildman–Crippen LogP) is 3.29. The Kier molecular flexibility index (Phi) is 8.29. The molecule has 0 saturated heterocycles. The maximum Gasteiger partial charge on any atom is 0.224 e. The van der Waals surface area contributed by atoms with Gasteiger partial charge in [-0.2, -0.15) is 4.98 Å². The lowest BCUT2D eigenvalue weighted by molar-refractivity contribution is -0.0843. The molecule has 11 heteroatoms. The molecular weight excluding hydrogens is 492 g/mol. The Morgan fingerprint density at radius 1 is 1.14 bits per heavy atom. The topological polar surface area (TPSA) is 146 Å². The normalized spacial score (nSPS) is 22.9. The smallest absolute Gasteiger partial charge is 0.224 e. The van der Waals surface area contributed by atoms with Crippen LogP contribution in [0.25, 0.3) is 20.8 Å². The molecule has 4 rings (SSSR count). The Hall–Kier alpha value is -2.44. The number of pyridine rings is 1. The highest BCUT2D eigenvalue weighted by atomic mass is 32.1. The number of aryl methyl sites for hydroxylation is 2. The van der Waals surface area contributed by atoms with Crippen LogP contribution in [0.4, 0.5) is 11.8 Å². The van der Waals surface area contributed by atoms with Crippen molar-refractivity contribution in [2.75, 3.05) is 24.3 Å². The van der Waals surface area contributed by atoms with Gasteiger partial charge in [-0.1, -0.05) is 13.8 Å². The zero-order valence-electron chi connectivity index (χ0n) is 22.3. The van der Waals surface area contributed by atoms with E-state index >= 15 is 0 Å². The maximum atomic E-state index is 11.1. The molecule has 0 unspecified atom stereocenters. The van der Waals surface area contributed by atoms with Gasteiger partial charge < -0.3 is 30.7 Å². The van der Waals surface area contributed by atoms with Crippen LogP contribution in [0.5, 0.6) is 0 Å². The Balaban J connectivity index is 1.74. The number of rotatable bonds is 10. The van der Waals surface area contributed by atoms with Crippen LogP contribution in [0.15, 0.2) is 12.3 Å². The van der Waals surface area contributed by atoms with Crippen LogP contribution in [-0.4, -0.2) is 78.9 Å². The second-order valence-electron chi connectivity index (χ2n) is 9.93. The Labute approximate surface area is 221 Å². The van der Waals surface area contributed by atoms with Gasteiger partial charge in [0.05, 0.1) is 45.5 Å². The number of hydrogen-bond acceptors (Lipinski definition) is 11. The molecule has 0 amide bonds. The Morgan fingerprint density at radius 3 is 2.51 bits per heavy atom. The molecule has 202 valence electrons. The highest BCUT2D eigenvalue weighted by Gasteiger charge is 2.50. The minimum Gasteiger partial charge on any atom is -0.390 e. The van der Waals surface area contributed by atoms with E-state index in [4.69, 9.17) is 14.7 Å². The first-order valence-electron chi connectivity index (χ1n) is 12.8. The van der Waals surface area contributed by atoms with Crippen LogP contribution in [0.1, 0.15) is 51.4 Å². The zero-order valence-corrected chi connectivity index (χ0v) is 23.1. The van der Waals surface area contributed by atoms with Gasteiger partial charge in [-0.15, -0.1) is 11.3 Å². The van der Waals surface area contributed by atoms with Crippen LogP contribution in [-0.2, 0) is 4.74 Å². The number of fused-ring (bicyclic) bond motifs is 1. The number of hydrogen-bond donors (Lipinski definition) is 5. The summed E-state index contributed by atoms with van der Waals surface area (Å²) in [5.74, 6) is 0.477. The third-order valence-electron chi connectivity index (χ3n) is 7.66. The van der Waals surface area contributed by atoms with E-state index in [0.717, 1.165) is 32.2 Å². The van der Waals surface area contributed by atoms with Crippen LogP contribution in [0.3, 0.4) is 0 Å². The SMILES string of the molecule is CCC(O)(CC)[C@H]1C[C@@H](Nc2nc(NC[C@@H](C)OC)nc(C)c2-c2nc3c(C)nccc3s2)[C@H](O)[C@@H]1O. The molecule has 0 aliphatic heterocycles. The van der Waals surface area contributed by atoms with Crippen LogP contribution in [0.2, 0.25) is 0 Å². The molecule has 3 aromatic heterocycles. The molecule has 3 heterocycles. The number of thiazole rings is 1. The summed E-state index contributed by atoms with van der Waals surface area (Å²) in [6.07, 6.45) is 1.00. The van der Waals surface area contributed by atoms with Crippen molar-refractivity contribution in [1.82, 2.24) is 19.9 Å². The number of aromatic nitrogens is 4. The molecule has 0 radical (unpaired) electrons. The van der Waals surface area contributed by atoms with Gasteiger partial charge in [0.2, 0.25) is 5.95 Å². The minimum atomic E-state index is -1.07. The third kappa shape index (κ3) is 5.42. The number of anilines is 2. The average Bonchev–Trinajstić information content (AvgIpc) is 3.44. The average molecular weight is 531 g/mol. The lowest BCUT2D eigenvalue weighted by Crippen LogP contribution is -2.43. The van der Waals surface area contributed by atoms with Crippen LogP contribution >= 0.6 is 11.3 Å². The fourth-order valence-corrected chi connectivity index (χ4v) is 6.19. The molecular formula is C26H38N6O4S. The zero-order chi connectivity index (χ0) is 26.9. The molecule has 10 nitrogen and oxygen atoms in total. The molecule has 5 N–H and O–H groups in total. The largest absolute Gasteiger partial charge is 0.390 e. The molecule has 1 aliphatic carbocycles. The van der Waals surface area contributed by atoms with Gasteiger partial charge in [0, 0.05) is 25.8 Å². The number of nitrogens with zero attached hydrogens (tertiary/aromatic N) is 4. The second kappa shape index (κ2) is 11.1. The van der Waals surface area contributed by atoms with Crippen molar-refractivity contribution in [3.8, 4) is 10.6 Å². The summed E-state index contributed by atoms with van der Waals surface area (Å²) in [7, 11) is 1.65. The summed E-state index contributed by atoms with van der Waals surface area (Å²) < 4.78 is 6.35. The van der Waals surface area contributed by atoms with E-state index in [1.165, 1.54) is 11.3 Å². The summed E-state index contributed by atoms with van der Waals surface area (Å²) in [4.78, 5) is 18.7. The van der Waals surface area contributed by atoms with Crippen molar-refractivity contribution in [3.05, 3.63) is 23.7 Å². The number of nitrogens with one attached hydrogen (secondary N) is 2.